The zero-order valence-electron chi connectivity index (χ0n) is 19.8. The summed E-state index contributed by atoms with van der Waals surface area (Å²) < 4.78 is 74.0. The van der Waals surface area contributed by atoms with E-state index in [1.165, 1.54) is 11.3 Å². The van der Waals surface area contributed by atoms with Crippen molar-refractivity contribution in [3.63, 3.8) is 0 Å². The lowest BCUT2D eigenvalue weighted by molar-refractivity contribution is -0.136. The van der Waals surface area contributed by atoms with Crippen molar-refractivity contribution in [3.05, 3.63) is 51.8 Å². The zero-order chi connectivity index (χ0) is 23.5. The standard InChI is InChI=1S/C19H22F2N2OS2/c1-23(2)9-8-13-10-22-16-4-3-5-17(18(13)16)25-12-15-7-6-14(26-15)11-24-19(20)21/h3-7,10,19,22H,8-9,11-12H2,1-2H3/i1D3,2D3. The van der Waals surface area contributed by atoms with Crippen LogP contribution < -0.4 is 0 Å². The van der Waals surface area contributed by atoms with Crippen LogP contribution in [0.4, 0.5) is 8.78 Å². The van der Waals surface area contributed by atoms with Crippen LogP contribution in [0.25, 0.3) is 10.9 Å². The van der Waals surface area contributed by atoms with Crippen LogP contribution in [0.3, 0.4) is 0 Å². The van der Waals surface area contributed by atoms with E-state index in [0.29, 0.717) is 10.7 Å². The summed E-state index contributed by atoms with van der Waals surface area (Å²) in [4.78, 5) is 6.41. The van der Waals surface area contributed by atoms with E-state index in [0.717, 1.165) is 31.1 Å². The van der Waals surface area contributed by atoms with Gasteiger partial charge in [-0.1, -0.05) is 6.07 Å². The third kappa shape index (κ3) is 5.07. The van der Waals surface area contributed by atoms with Crippen LogP contribution in [0.2, 0.25) is 0 Å². The number of aromatic amines is 1. The first-order valence-corrected chi connectivity index (χ1v) is 9.72. The van der Waals surface area contributed by atoms with Crippen molar-refractivity contribution < 1.29 is 21.7 Å². The van der Waals surface area contributed by atoms with E-state index in [9.17, 15) is 8.78 Å². The number of benzene rings is 1. The molecule has 3 nitrogen and oxygen atoms in total. The molecular formula is C19H22F2N2OS2. The molecule has 3 rings (SSSR count). The summed E-state index contributed by atoms with van der Waals surface area (Å²) in [5.41, 5.74) is 1.70. The molecule has 140 valence electrons. The number of H-pyrrole nitrogens is 1. The number of thiophene rings is 1. The van der Waals surface area contributed by atoms with Gasteiger partial charge in [-0.05, 0) is 50.2 Å². The highest BCUT2D eigenvalue weighted by Gasteiger charge is 2.11. The first-order valence-electron chi connectivity index (χ1n) is 10.9. The fourth-order valence-corrected chi connectivity index (χ4v) is 4.74. The molecule has 0 fully saturated rings. The molecule has 7 heteroatoms. The number of likely N-dealkylation sites (N-methyl/N-ethyl adjacent to an activating group) is 1. The number of rotatable bonds is 9. The second-order valence-corrected chi connectivity index (χ2v) is 7.89. The van der Waals surface area contributed by atoms with Gasteiger partial charge in [-0.15, -0.1) is 23.1 Å². The van der Waals surface area contributed by atoms with Crippen molar-refractivity contribution in [2.75, 3.05) is 20.5 Å². The summed E-state index contributed by atoms with van der Waals surface area (Å²) in [5, 5.41) is 0.923. The molecule has 0 radical (unpaired) electrons. The van der Waals surface area contributed by atoms with E-state index >= 15 is 0 Å². The molecule has 0 unspecified atom stereocenters. The summed E-state index contributed by atoms with van der Waals surface area (Å²) in [6, 6.07) is 9.40. The Morgan fingerprint density at radius 1 is 1.27 bits per heavy atom. The number of ether oxygens (including phenoxy) is 1. The Morgan fingerprint density at radius 3 is 2.92 bits per heavy atom. The average molecular weight is 403 g/mol. The number of halogens is 2. The fraction of sp³-hybridized carbons (Fsp3) is 0.368. The van der Waals surface area contributed by atoms with E-state index in [1.54, 1.807) is 24.0 Å². The van der Waals surface area contributed by atoms with Crippen LogP contribution in [0.5, 0.6) is 0 Å². The van der Waals surface area contributed by atoms with E-state index in [4.69, 9.17) is 8.22 Å². The topological polar surface area (TPSA) is 28.3 Å². The molecule has 26 heavy (non-hydrogen) atoms. The molecule has 0 saturated carbocycles. The normalized spacial score (nSPS) is 16.3. The van der Waals surface area contributed by atoms with Crippen molar-refractivity contribution in [2.45, 2.75) is 30.3 Å². The third-order valence-corrected chi connectivity index (χ3v) is 6.14. The highest BCUT2D eigenvalue weighted by molar-refractivity contribution is 7.98. The Morgan fingerprint density at radius 2 is 2.12 bits per heavy atom. The predicted molar refractivity (Wildman–Crippen MR) is 105 cm³/mol. The lowest BCUT2D eigenvalue weighted by Crippen LogP contribution is -2.14. The monoisotopic (exact) mass is 402 g/mol. The van der Waals surface area contributed by atoms with Gasteiger partial charge >= 0.3 is 6.61 Å². The van der Waals surface area contributed by atoms with Crippen LogP contribution >= 0.6 is 23.1 Å². The Hall–Kier alpha value is -1.41. The predicted octanol–water partition coefficient (Wildman–Crippen LogP) is 5.37. The number of nitrogens with one attached hydrogen (secondary N) is 1. The molecule has 0 aliphatic rings. The highest BCUT2D eigenvalue weighted by atomic mass is 32.2. The van der Waals surface area contributed by atoms with Crippen LogP contribution in [-0.4, -0.2) is 37.0 Å². The number of fused-ring (bicyclic) bond motifs is 1. The average Bonchev–Trinajstić information content (AvgIpc) is 3.30. The molecular weight excluding hydrogens is 374 g/mol. The molecule has 2 heterocycles. The molecule has 0 bridgehead atoms. The molecule has 0 aliphatic heterocycles. The lowest BCUT2D eigenvalue weighted by atomic mass is 10.1. The van der Waals surface area contributed by atoms with E-state index < -0.39 is 20.6 Å². The smallest absolute Gasteiger partial charge is 0.345 e. The van der Waals surface area contributed by atoms with Gasteiger partial charge in [-0.2, -0.15) is 8.78 Å². The van der Waals surface area contributed by atoms with Gasteiger partial charge in [-0.3, -0.25) is 0 Å². The van der Waals surface area contributed by atoms with Crippen LogP contribution in [0.15, 0.2) is 41.4 Å². The number of thioether (sulfide) groups is 1. The minimum Gasteiger partial charge on any atom is -0.361 e. The second-order valence-electron chi connectivity index (χ2n) is 5.62. The summed E-state index contributed by atoms with van der Waals surface area (Å²) in [7, 11) is 0. The Balaban J connectivity index is 1.73. The van der Waals surface area contributed by atoms with Crippen molar-refractivity contribution in [1.29, 1.82) is 0 Å². The molecule has 0 amide bonds. The minimum absolute atomic E-state index is 0.131. The summed E-state index contributed by atoms with van der Waals surface area (Å²) in [6.45, 7) is -8.52. The van der Waals surface area contributed by atoms with Crippen LogP contribution in [0, 0.1) is 0 Å². The Bertz CT molecular complexity index is 1020. The van der Waals surface area contributed by atoms with Crippen LogP contribution in [0.1, 0.15) is 23.5 Å². The van der Waals surface area contributed by atoms with Gasteiger partial charge in [-0.25, -0.2) is 0 Å². The maximum Gasteiger partial charge on any atom is 0.345 e. The van der Waals surface area contributed by atoms with Gasteiger partial charge in [0.1, 0.15) is 0 Å². The van der Waals surface area contributed by atoms with E-state index in [1.807, 2.05) is 24.3 Å². The molecule has 1 N–H and O–H groups in total. The molecule has 0 atom stereocenters. The number of nitrogens with zero attached hydrogens (tertiary/aromatic N) is 1. The summed E-state index contributed by atoms with van der Waals surface area (Å²) >= 11 is 2.98. The Labute approximate surface area is 168 Å². The van der Waals surface area contributed by atoms with Crippen molar-refractivity contribution in [1.82, 2.24) is 9.88 Å². The largest absolute Gasteiger partial charge is 0.361 e. The molecule has 0 spiro atoms. The SMILES string of the molecule is [2H]C([2H])([2H])N(CCc1c[nH]c2cccc(SCc3ccc(COC(F)F)s3)c12)C([2H])([2H])[2H]. The lowest BCUT2D eigenvalue weighted by Gasteiger charge is -2.10. The first kappa shape index (κ1) is 12.9. The van der Waals surface area contributed by atoms with E-state index in [-0.39, 0.29) is 19.6 Å². The van der Waals surface area contributed by atoms with Crippen molar-refractivity contribution in [2.24, 2.45) is 0 Å². The molecule has 3 aromatic rings. The van der Waals surface area contributed by atoms with Crippen LogP contribution in [-0.2, 0) is 23.5 Å². The number of hydrogen-bond acceptors (Lipinski definition) is 4. The quantitative estimate of drug-likeness (QED) is 0.488. The third-order valence-electron chi connectivity index (χ3n) is 3.79. The number of alkyl halides is 2. The molecule has 0 saturated heterocycles. The molecule has 2 aromatic heterocycles. The number of aromatic nitrogens is 1. The van der Waals surface area contributed by atoms with Gasteiger partial charge in [0.05, 0.1) is 6.61 Å². The van der Waals surface area contributed by atoms with Crippen molar-refractivity contribution in [3.8, 4) is 0 Å². The zero-order valence-corrected chi connectivity index (χ0v) is 15.4. The summed E-state index contributed by atoms with van der Waals surface area (Å²) in [6.07, 6.45) is 2.03. The van der Waals surface area contributed by atoms with Gasteiger partial charge in [0, 0.05) is 52.3 Å². The maximum absolute atomic E-state index is 12.2. The number of hydrogen-bond donors (Lipinski definition) is 1. The molecule has 0 aliphatic carbocycles. The molecule has 1 aromatic carbocycles. The minimum atomic E-state index is -2.80. The fourth-order valence-electron chi connectivity index (χ4n) is 2.64. The Kier molecular flexibility index (Phi) is 4.46. The summed E-state index contributed by atoms with van der Waals surface area (Å²) in [5.74, 6) is 0.625. The first-order chi connectivity index (χ1) is 14.9. The maximum atomic E-state index is 12.2. The van der Waals surface area contributed by atoms with Gasteiger partial charge in [0.2, 0.25) is 0 Å². The van der Waals surface area contributed by atoms with Gasteiger partial charge < -0.3 is 14.6 Å². The highest BCUT2D eigenvalue weighted by Crippen LogP contribution is 2.34. The van der Waals surface area contributed by atoms with Crippen molar-refractivity contribution >= 4 is 34.0 Å². The van der Waals surface area contributed by atoms with Gasteiger partial charge in [0.15, 0.2) is 0 Å². The van der Waals surface area contributed by atoms with E-state index in [2.05, 4.69) is 9.72 Å². The second kappa shape index (κ2) is 8.99. The van der Waals surface area contributed by atoms with Gasteiger partial charge in [0.25, 0.3) is 0 Å².